The van der Waals surface area contributed by atoms with Crippen molar-refractivity contribution in [1.29, 1.82) is 0 Å². The second-order valence-electron chi connectivity index (χ2n) is 4.23. The Morgan fingerprint density at radius 3 is 2.90 bits per heavy atom. The summed E-state index contributed by atoms with van der Waals surface area (Å²) in [5, 5.41) is 10.5. The maximum Gasteiger partial charge on any atom is 0.279 e. The van der Waals surface area contributed by atoms with Crippen LogP contribution in [-0.4, -0.2) is 38.0 Å². The van der Waals surface area contributed by atoms with E-state index in [2.05, 4.69) is 16.6 Å². The predicted molar refractivity (Wildman–Crippen MR) is 81.6 cm³/mol. The Kier molecular flexibility index (Phi) is 7.19. The topological polar surface area (TPSA) is 69.6 Å². The number of nitrogens with one attached hydrogen (secondary N) is 1. The van der Waals surface area contributed by atoms with E-state index in [0.29, 0.717) is 19.5 Å². The van der Waals surface area contributed by atoms with Crippen LogP contribution in [0.5, 0.6) is 0 Å². The molecule has 0 fully saturated rings. The summed E-state index contributed by atoms with van der Waals surface area (Å²) in [6.07, 6.45) is 1.21. The Labute approximate surface area is 124 Å². The molecule has 1 heterocycles. The van der Waals surface area contributed by atoms with Gasteiger partial charge in [0.25, 0.3) is 10.2 Å². The minimum atomic E-state index is -3.41. The van der Waals surface area contributed by atoms with Crippen molar-refractivity contribution in [2.24, 2.45) is 0 Å². The molecule has 0 atom stereocenters. The molecule has 7 heteroatoms. The number of rotatable bonds is 7. The van der Waals surface area contributed by atoms with Crippen LogP contribution in [0.2, 0.25) is 0 Å². The highest BCUT2D eigenvalue weighted by Gasteiger charge is 2.17. The van der Waals surface area contributed by atoms with Crippen LogP contribution in [0.4, 0.5) is 0 Å². The summed E-state index contributed by atoms with van der Waals surface area (Å²) in [7, 11) is -1.86. The highest BCUT2D eigenvalue weighted by Crippen LogP contribution is 2.16. The van der Waals surface area contributed by atoms with Gasteiger partial charge in [0, 0.05) is 42.4 Å². The van der Waals surface area contributed by atoms with Crippen molar-refractivity contribution in [2.45, 2.75) is 26.3 Å². The van der Waals surface area contributed by atoms with Gasteiger partial charge in [0.05, 0.1) is 6.61 Å². The Balaban J connectivity index is 2.63. The maximum absolute atomic E-state index is 11.9. The predicted octanol–water partition coefficient (Wildman–Crippen LogP) is 1.16. The molecule has 0 bridgehead atoms. The van der Waals surface area contributed by atoms with Gasteiger partial charge in [-0.15, -0.1) is 11.3 Å². The lowest BCUT2D eigenvalue weighted by atomic mass is 10.3. The van der Waals surface area contributed by atoms with Crippen LogP contribution in [0.3, 0.4) is 0 Å². The van der Waals surface area contributed by atoms with Crippen molar-refractivity contribution in [2.75, 3.05) is 20.2 Å². The van der Waals surface area contributed by atoms with Gasteiger partial charge in [0.15, 0.2) is 0 Å². The summed E-state index contributed by atoms with van der Waals surface area (Å²) in [5.41, 5.74) is 0.853. The van der Waals surface area contributed by atoms with E-state index in [1.165, 1.54) is 15.6 Å². The van der Waals surface area contributed by atoms with Gasteiger partial charge in [0.1, 0.15) is 0 Å². The molecule has 0 spiro atoms. The van der Waals surface area contributed by atoms with Crippen molar-refractivity contribution in [1.82, 2.24) is 9.03 Å². The van der Waals surface area contributed by atoms with Crippen LogP contribution in [0.1, 0.15) is 30.2 Å². The first-order chi connectivity index (χ1) is 9.49. The van der Waals surface area contributed by atoms with Gasteiger partial charge >= 0.3 is 0 Å². The van der Waals surface area contributed by atoms with E-state index in [4.69, 9.17) is 5.11 Å². The van der Waals surface area contributed by atoms with E-state index in [-0.39, 0.29) is 6.61 Å². The van der Waals surface area contributed by atoms with Gasteiger partial charge in [0.2, 0.25) is 0 Å². The summed E-state index contributed by atoms with van der Waals surface area (Å²) < 4.78 is 27.6. The molecule has 2 N–H and O–H groups in total. The molecule has 0 aromatic carbocycles. The standard InChI is InChI=1S/C13H20N2O3S2/c1-3-7-14-20(17,18)15(2)10-13-9-12(11-19-13)6-4-5-8-16/h9,11,14,16H,3,5,7-8,10H2,1-2H3. The normalized spacial score (nSPS) is 11.4. The second kappa shape index (κ2) is 8.39. The molecule has 1 aromatic heterocycles. The molecular formula is C13H20N2O3S2. The summed E-state index contributed by atoms with van der Waals surface area (Å²) in [6.45, 7) is 2.73. The molecule has 0 unspecified atom stereocenters. The highest BCUT2D eigenvalue weighted by molar-refractivity contribution is 7.87. The number of nitrogens with zero attached hydrogens (tertiary/aromatic N) is 1. The molecule has 1 rings (SSSR count). The fourth-order valence-electron chi connectivity index (χ4n) is 1.40. The van der Waals surface area contributed by atoms with Crippen LogP contribution < -0.4 is 4.72 Å². The Hall–Kier alpha value is -0.910. The smallest absolute Gasteiger partial charge is 0.279 e. The van der Waals surface area contributed by atoms with Crippen LogP contribution in [-0.2, 0) is 16.8 Å². The van der Waals surface area contributed by atoms with Crippen molar-refractivity contribution < 1.29 is 13.5 Å². The molecule has 0 saturated carbocycles. The van der Waals surface area contributed by atoms with E-state index < -0.39 is 10.2 Å². The number of hydrogen-bond acceptors (Lipinski definition) is 4. The molecule has 1 aromatic rings. The first-order valence-electron chi connectivity index (χ1n) is 6.37. The fourth-order valence-corrected chi connectivity index (χ4v) is 3.34. The minimum Gasteiger partial charge on any atom is -0.395 e. The molecule has 0 saturated heterocycles. The van der Waals surface area contributed by atoms with Gasteiger partial charge in [-0.2, -0.15) is 12.7 Å². The monoisotopic (exact) mass is 316 g/mol. The van der Waals surface area contributed by atoms with Gasteiger partial charge in [-0.25, -0.2) is 4.72 Å². The molecule has 0 aliphatic rings. The van der Waals surface area contributed by atoms with Gasteiger partial charge in [-0.3, -0.25) is 0 Å². The molecular weight excluding hydrogens is 296 g/mol. The maximum atomic E-state index is 11.9. The third-order valence-corrected chi connectivity index (χ3v) is 4.89. The molecule has 0 amide bonds. The van der Waals surface area contributed by atoms with Crippen LogP contribution in [0, 0.1) is 11.8 Å². The van der Waals surface area contributed by atoms with Crippen LogP contribution in [0.15, 0.2) is 11.4 Å². The third kappa shape index (κ3) is 5.61. The van der Waals surface area contributed by atoms with Gasteiger partial charge in [-0.1, -0.05) is 18.8 Å². The summed E-state index contributed by atoms with van der Waals surface area (Å²) in [5.74, 6) is 5.77. The number of hydrogen-bond donors (Lipinski definition) is 2. The molecule has 0 aliphatic carbocycles. The SMILES string of the molecule is CCCNS(=O)(=O)N(C)Cc1cc(C#CCCO)cs1. The van der Waals surface area contributed by atoms with E-state index in [1.54, 1.807) is 7.05 Å². The zero-order valence-electron chi connectivity index (χ0n) is 11.7. The van der Waals surface area contributed by atoms with E-state index in [9.17, 15) is 8.42 Å². The lowest BCUT2D eigenvalue weighted by Gasteiger charge is -2.16. The summed E-state index contributed by atoms with van der Waals surface area (Å²) >= 11 is 1.48. The van der Waals surface area contributed by atoms with E-state index in [0.717, 1.165) is 16.9 Å². The Morgan fingerprint density at radius 2 is 2.25 bits per heavy atom. The van der Waals surface area contributed by atoms with Crippen LogP contribution >= 0.6 is 11.3 Å². The number of aliphatic hydroxyl groups excluding tert-OH is 1. The number of thiophene rings is 1. The van der Waals surface area contributed by atoms with Crippen molar-refractivity contribution in [3.05, 3.63) is 21.9 Å². The van der Waals surface area contributed by atoms with Crippen LogP contribution in [0.25, 0.3) is 0 Å². The molecule has 0 radical (unpaired) electrons. The molecule has 0 aliphatic heterocycles. The Bertz CT molecular complexity index is 570. The molecule has 5 nitrogen and oxygen atoms in total. The van der Waals surface area contributed by atoms with Crippen molar-refractivity contribution in [3.63, 3.8) is 0 Å². The second-order valence-corrected chi connectivity index (χ2v) is 7.09. The zero-order chi connectivity index (χ0) is 15.0. The first kappa shape index (κ1) is 17.1. The summed E-state index contributed by atoms with van der Waals surface area (Å²) in [6, 6.07) is 1.88. The lowest BCUT2D eigenvalue weighted by molar-refractivity contribution is 0.305. The Morgan fingerprint density at radius 1 is 1.50 bits per heavy atom. The van der Waals surface area contributed by atoms with E-state index in [1.807, 2.05) is 18.4 Å². The fraction of sp³-hybridized carbons (Fsp3) is 0.538. The van der Waals surface area contributed by atoms with Gasteiger partial charge in [-0.05, 0) is 12.5 Å². The first-order valence-corrected chi connectivity index (χ1v) is 8.69. The largest absolute Gasteiger partial charge is 0.395 e. The van der Waals surface area contributed by atoms with Crippen molar-refractivity contribution in [3.8, 4) is 11.8 Å². The molecule has 112 valence electrons. The van der Waals surface area contributed by atoms with Gasteiger partial charge < -0.3 is 5.11 Å². The average Bonchev–Trinajstić information content (AvgIpc) is 2.84. The van der Waals surface area contributed by atoms with E-state index >= 15 is 0 Å². The minimum absolute atomic E-state index is 0.0497. The zero-order valence-corrected chi connectivity index (χ0v) is 13.4. The lowest BCUT2D eigenvalue weighted by Crippen LogP contribution is -2.37. The molecule has 20 heavy (non-hydrogen) atoms. The number of aliphatic hydroxyl groups is 1. The van der Waals surface area contributed by atoms with Crippen molar-refractivity contribution >= 4 is 21.5 Å². The summed E-state index contributed by atoms with van der Waals surface area (Å²) in [4.78, 5) is 0.933. The average molecular weight is 316 g/mol. The third-order valence-electron chi connectivity index (χ3n) is 2.45. The highest BCUT2D eigenvalue weighted by atomic mass is 32.2. The quantitative estimate of drug-likeness (QED) is 0.742.